The van der Waals surface area contributed by atoms with Gasteiger partial charge in [0.05, 0.1) is 23.0 Å². The van der Waals surface area contributed by atoms with Crippen molar-refractivity contribution in [3.63, 3.8) is 0 Å². The summed E-state index contributed by atoms with van der Waals surface area (Å²) < 4.78 is 6.56. The van der Waals surface area contributed by atoms with Crippen LogP contribution in [0.3, 0.4) is 0 Å². The van der Waals surface area contributed by atoms with E-state index in [2.05, 4.69) is 111 Å². The first-order valence-corrected chi connectivity index (χ1v) is 16.1. The van der Waals surface area contributed by atoms with E-state index in [1.807, 2.05) is 60.7 Å². The predicted molar refractivity (Wildman–Crippen MR) is 193 cm³/mol. The standard InChI is InChI=1S/C44H31N3O/c1-44(2)37-19-11-12-20-40(37)48-42-35(26-25-33(28-45)41(42)44)30-21-23-32(24-22-30)39-27-38(31-15-7-4-8-16-31)46-43(47-39)36-18-10-9-17-34(36)29-13-5-3-6-14-29/h3-27H,1-2H3. The van der Waals surface area contributed by atoms with Gasteiger partial charge in [-0.1, -0.05) is 141 Å². The van der Waals surface area contributed by atoms with Crippen LogP contribution >= 0.6 is 0 Å². The van der Waals surface area contributed by atoms with Gasteiger partial charge in [-0.3, -0.25) is 0 Å². The van der Waals surface area contributed by atoms with Crippen LogP contribution in [-0.4, -0.2) is 9.97 Å². The Hall–Kier alpha value is -6.31. The van der Waals surface area contributed by atoms with Gasteiger partial charge in [0.2, 0.25) is 0 Å². The van der Waals surface area contributed by atoms with Gasteiger partial charge in [0.25, 0.3) is 0 Å². The third-order valence-electron chi connectivity index (χ3n) is 9.22. The van der Waals surface area contributed by atoms with E-state index in [4.69, 9.17) is 14.7 Å². The number of fused-ring (bicyclic) bond motifs is 2. The molecule has 1 aromatic heterocycles. The molecule has 0 radical (unpaired) electrons. The number of hydrogen-bond acceptors (Lipinski definition) is 4. The van der Waals surface area contributed by atoms with Gasteiger partial charge in [-0.05, 0) is 41.0 Å². The van der Waals surface area contributed by atoms with E-state index >= 15 is 0 Å². The van der Waals surface area contributed by atoms with Crippen LogP contribution in [0.4, 0.5) is 0 Å². The number of nitrogens with zero attached hydrogens (tertiary/aromatic N) is 3. The van der Waals surface area contributed by atoms with E-state index in [9.17, 15) is 5.26 Å². The van der Waals surface area contributed by atoms with Crippen LogP contribution in [0.25, 0.3) is 56.2 Å². The van der Waals surface area contributed by atoms with Crippen LogP contribution in [0.15, 0.2) is 152 Å². The summed E-state index contributed by atoms with van der Waals surface area (Å²) >= 11 is 0. The van der Waals surface area contributed by atoms with Crippen molar-refractivity contribution in [2.45, 2.75) is 19.3 Å². The highest BCUT2D eigenvalue weighted by molar-refractivity contribution is 5.83. The SMILES string of the molecule is CC1(C)c2ccccc2Oc2c(-c3ccc(-c4cc(-c5ccccc5)nc(-c5ccccc5-c5ccccc5)n4)cc3)ccc(C#N)c21. The van der Waals surface area contributed by atoms with Crippen LogP contribution < -0.4 is 4.74 Å². The molecular weight excluding hydrogens is 587 g/mol. The molecule has 0 bridgehead atoms. The molecular formula is C44H31N3O. The molecule has 0 spiro atoms. The van der Waals surface area contributed by atoms with Gasteiger partial charge < -0.3 is 4.74 Å². The molecule has 0 saturated heterocycles. The lowest BCUT2D eigenvalue weighted by molar-refractivity contribution is 0.419. The number of rotatable bonds is 5. The third-order valence-corrected chi connectivity index (χ3v) is 9.22. The van der Waals surface area contributed by atoms with E-state index < -0.39 is 5.41 Å². The number of benzene rings is 6. The average Bonchev–Trinajstić information content (AvgIpc) is 3.15. The Morgan fingerprint density at radius 2 is 1.08 bits per heavy atom. The molecule has 0 amide bonds. The maximum absolute atomic E-state index is 10.1. The highest BCUT2D eigenvalue weighted by atomic mass is 16.5. The van der Waals surface area contributed by atoms with Gasteiger partial charge in [-0.15, -0.1) is 0 Å². The highest BCUT2D eigenvalue weighted by Crippen LogP contribution is 2.52. The average molecular weight is 618 g/mol. The summed E-state index contributed by atoms with van der Waals surface area (Å²) in [5, 5.41) is 10.1. The molecule has 4 nitrogen and oxygen atoms in total. The molecule has 0 saturated carbocycles. The fourth-order valence-electron chi connectivity index (χ4n) is 6.79. The van der Waals surface area contributed by atoms with E-state index in [-0.39, 0.29) is 0 Å². The van der Waals surface area contributed by atoms with Crippen molar-refractivity contribution in [2.75, 3.05) is 0 Å². The first-order chi connectivity index (χ1) is 23.5. The minimum absolute atomic E-state index is 0.396. The lowest BCUT2D eigenvalue weighted by Gasteiger charge is -2.36. The van der Waals surface area contributed by atoms with Gasteiger partial charge in [-0.2, -0.15) is 5.26 Å². The first kappa shape index (κ1) is 29.1. The predicted octanol–water partition coefficient (Wildman–Crippen LogP) is 11.1. The number of para-hydroxylation sites is 1. The lowest BCUT2D eigenvalue weighted by Crippen LogP contribution is -2.26. The van der Waals surface area contributed by atoms with Crippen molar-refractivity contribution in [3.05, 3.63) is 168 Å². The Kier molecular flexibility index (Phi) is 7.16. The summed E-state index contributed by atoms with van der Waals surface area (Å²) in [6.07, 6.45) is 0. The Morgan fingerprint density at radius 1 is 0.542 bits per heavy atom. The molecule has 6 aromatic carbocycles. The molecule has 1 aliphatic rings. The van der Waals surface area contributed by atoms with Gasteiger partial charge >= 0.3 is 0 Å². The third kappa shape index (κ3) is 5.03. The second kappa shape index (κ2) is 11.8. The van der Waals surface area contributed by atoms with E-state index in [0.29, 0.717) is 11.4 Å². The van der Waals surface area contributed by atoms with Crippen molar-refractivity contribution in [1.82, 2.24) is 9.97 Å². The van der Waals surface area contributed by atoms with E-state index in [1.54, 1.807) is 0 Å². The van der Waals surface area contributed by atoms with E-state index in [1.165, 1.54) is 0 Å². The maximum Gasteiger partial charge on any atom is 0.161 e. The summed E-state index contributed by atoms with van der Waals surface area (Å²) in [6.45, 7) is 4.32. The van der Waals surface area contributed by atoms with Crippen LogP contribution in [0, 0.1) is 11.3 Å². The summed E-state index contributed by atoms with van der Waals surface area (Å²) in [7, 11) is 0. The lowest BCUT2D eigenvalue weighted by atomic mass is 9.73. The number of aromatic nitrogens is 2. The highest BCUT2D eigenvalue weighted by Gasteiger charge is 2.37. The van der Waals surface area contributed by atoms with Crippen molar-refractivity contribution >= 4 is 0 Å². The number of hydrogen-bond donors (Lipinski definition) is 0. The summed E-state index contributed by atoms with van der Waals surface area (Å²) in [4.78, 5) is 10.2. The minimum atomic E-state index is -0.396. The topological polar surface area (TPSA) is 58.8 Å². The van der Waals surface area contributed by atoms with Gasteiger partial charge in [0.15, 0.2) is 5.82 Å². The molecule has 48 heavy (non-hydrogen) atoms. The van der Waals surface area contributed by atoms with Gasteiger partial charge in [0.1, 0.15) is 11.5 Å². The monoisotopic (exact) mass is 617 g/mol. The summed E-state index contributed by atoms with van der Waals surface area (Å²) in [5.41, 5.74) is 11.0. The second-order valence-electron chi connectivity index (χ2n) is 12.5. The molecule has 0 N–H and O–H groups in total. The largest absolute Gasteiger partial charge is 0.456 e. The van der Waals surface area contributed by atoms with Crippen molar-refractivity contribution in [1.29, 1.82) is 5.26 Å². The molecule has 0 unspecified atom stereocenters. The van der Waals surface area contributed by atoms with Crippen molar-refractivity contribution in [3.8, 4) is 73.7 Å². The van der Waals surface area contributed by atoms with Crippen molar-refractivity contribution in [2.24, 2.45) is 0 Å². The Morgan fingerprint density at radius 3 is 1.77 bits per heavy atom. The zero-order chi connectivity index (χ0) is 32.7. The Bertz CT molecular complexity index is 2340. The molecule has 2 heterocycles. The van der Waals surface area contributed by atoms with Crippen molar-refractivity contribution < 1.29 is 4.74 Å². The maximum atomic E-state index is 10.1. The zero-order valence-electron chi connectivity index (χ0n) is 26.7. The molecule has 7 aromatic rings. The Labute approximate surface area is 280 Å². The van der Waals surface area contributed by atoms with Crippen LogP contribution in [0.1, 0.15) is 30.5 Å². The van der Waals surface area contributed by atoms with Gasteiger partial charge in [-0.25, -0.2) is 9.97 Å². The van der Waals surface area contributed by atoms with E-state index in [0.717, 1.165) is 73.0 Å². The molecule has 0 fully saturated rings. The van der Waals surface area contributed by atoms with Crippen LogP contribution in [-0.2, 0) is 5.41 Å². The molecule has 0 aliphatic carbocycles. The quantitative estimate of drug-likeness (QED) is 0.193. The summed E-state index contributed by atoms with van der Waals surface area (Å²) in [5.74, 6) is 2.23. The molecule has 1 aliphatic heterocycles. The normalized spacial score (nSPS) is 12.7. The fourth-order valence-corrected chi connectivity index (χ4v) is 6.79. The molecule has 8 rings (SSSR count). The molecule has 0 atom stereocenters. The zero-order valence-corrected chi connectivity index (χ0v) is 26.7. The number of ether oxygens (including phenoxy) is 1. The molecule has 228 valence electrons. The number of nitriles is 1. The fraction of sp³-hybridized carbons (Fsp3) is 0.0682. The summed E-state index contributed by atoms with van der Waals surface area (Å²) in [6, 6.07) is 53.8. The van der Waals surface area contributed by atoms with Crippen LogP contribution in [0.2, 0.25) is 0 Å². The van der Waals surface area contributed by atoms with Crippen LogP contribution in [0.5, 0.6) is 11.5 Å². The smallest absolute Gasteiger partial charge is 0.161 e. The first-order valence-electron chi connectivity index (χ1n) is 16.1. The molecule has 4 heteroatoms. The van der Waals surface area contributed by atoms with Gasteiger partial charge in [0, 0.05) is 38.8 Å². The Balaban J connectivity index is 1.24. The minimum Gasteiger partial charge on any atom is -0.456 e. The second-order valence-corrected chi connectivity index (χ2v) is 12.5.